The molecule has 0 aliphatic rings. The van der Waals surface area contributed by atoms with Crippen LogP contribution in [0.1, 0.15) is 46.5 Å². The highest BCUT2D eigenvalue weighted by molar-refractivity contribution is 5.73. The van der Waals surface area contributed by atoms with Gasteiger partial charge in [-0.25, -0.2) is 0 Å². The molecular formula is C13H24O2. The first kappa shape index (κ1) is 14.2. The van der Waals surface area contributed by atoms with Crippen LogP contribution < -0.4 is 0 Å². The standard InChI is InChI=1S/C13H24O2/c1-6-8-11(10(3)4)12(9-7-2)13(14)15-5/h11-12H,3,6-9H2,1-2,4-5H3/t11-,12-/m0/s1. The summed E-state index contributed by atoms with van der Waals surface area (Å²) >= 11 is 0. The molecular weight excluding hydrogens is 188 g/mol. The summed E-state index contributed by atoms with van der Waals surface area (Å²) in [7, 11) is 1.46. The third-order valence-corrected chi connectivity index (χ3v) is 2.82. The molecule has 2 heteroatoms. The number of hydrogen-bond donors (Lipinski definition) is 0. The minimum absolute atomic E-state index is 0.00236. The van der Waals surface area contributed by atoms with Gasteiger partial charge in [-0.2, -0.15) is 0 Å². The van der Waals surface area contributed by atoms with Crippen LogP contribution in [0.5, 0.6) is 0 Å². The summed E-state index contributed by atoms with van der Waals surface area (Å²) < 4.78 is 4.86. The summed E-state index contributed by atoms with van der Waals surface area (Å²) in [5.74, 6) is 0.193. The largest absolute Gasteiger partial charge is 0.469 e. The molecule has 0 fully saturated rings. The molecule has 0 aliphatic heterocycles. The molecule has 0 unspecified atom stereocenters. The van der Waals surface area contributed by atoms with Crippen LogP contribution in [0.2, 0.25) is 0 Å². The van der Waals surface area contributed by atoms with E-state index in [1.807, 2.05) is 6.92 Å². The van der Waals surface area contributed by atoms with Crippen LogP contribution in [0.4, 0.5) is 0 Å². The van der Waals surface area contributed by atoms with Crippen LogP contribution in [-0.4, -0.2) is 13.1 Å². The second-order valence-electron chi connectivity index (χ2n) is 4.16. The minimum Gasteiger partial charge on any atom is -0.469 e. The molecule has 0 heterocycles. The van der Waals surface area contributed by atoms with E-state index >= 15 is 0 Å². The van der Waals surface area contributed by atoms with Crippen LogP contribution in [-0.2, 0) is 9.53 Å². The fourth-order valence-electron chi connectivity index (χ4n) is 2.05. The molecule has 0 saturated carbocycles. The Morgan fingerprint density at radius 3 is 2.00 bits per heavy atom. The summed E-state index contributed by atoms with van der Waals surface area (Å²) in [4.78, 5) is 11.7. The molecule has 0 saturated heterocycles. The van der Waals surface area contributed by atoms with Gasteiger partial charge < -0.3 is 4.74 Å². The van der Waals surface area contributed by atoms with E-state index in [0.717, 1.165) is 31.3 Å². The van der Waals surface area contributed by atoms with Gasteiger partial charge in [0.15, 0.2) is 0 Å². The molecule has 0 amide bonds. The van der Waals surface area contributed by atoms with Crippen molar-refractivity contribution in [2.45, 2.75) is 46.5 Å². The Morgan fingerprint density at radius 2 is 1.67 bits per heavy atom. The second-order valence-corrected chi connectivity index (χ2v) is 4.16. The number of methoxy groups -OCH3 is 1. The van der Waals surface area contributed by atoms with Crippen molar-refractivity contribution in [1.29, 1.82) is 0 Å². The number of allylic oxidation sites excluding steroid dienone is 1. The SMILES string of the molecule is C=C(C)[C@H](CCC)[C@H](CCC)C(=O)OC. The molecule has 2 nitrogen and oxygen atoms in total. The Hall–Kier alpha value is -0.790. The van der Waals surface area contributed by atoms with Crippen molar-refractivity contribution in [3.8, 4) is 0 Å². The van der Waals surface area contributed by atoms with Gasteiger partial charge in [-0.1, -0.05) is 38.8 Å². The zero-order chi connectivity index (χ0) is 11.8. The van der Waals surface area contributed by atoms with Crippen molar-refractivity contribution in [1.82, 2.24) is 0 Å². The van der Waals surface area contributed by atoms with Gasteiger partial charge in [0.25, 0.3) is 0 Å². The van der Waals surface area contributed by atoms with Crippen molar-refractivity contribution < 1.29 is 9.53 Å². The predicted octanol–water partition coefficient (Wildman–Crippen LogP) is 3.57. The lowest BCUT2D eigenvalue weighted by atomic mass is 9.81. The van der Waals surface area contributed by atoms with Gasteiger partial charge in [-0.05, 0) is 25.7 Å². The Bertz CT molecular complexity index is 209. The van der Waals surface area contributed by atoms with Crippen molar-refractivity contribution >= 4 is 5.97 Å². The van der Waals surface area contributed by atoms with Crippen molar-refractivity contribution in [3.63, 3.8) is 0 Å². The molecule has 15 heavy (non-hydrogen) atoms. The van der Waals surface area contributed by atoms with Crippen molar-refractivity contribution in [2.24, 2.45) is 11.8 Å². The van der Waals surface area contributed by atoms with E-state index in [1.165, 1.54) is 7.11 Å². The lowest BCUT2D eigenvalue weighted by Gasteiger charge is -2.24. The van der Waals surface area contributed by atoms with Crippen molar-refractivity contribution in [3.05, 3.63) is 12.2 Å². The molecule has 0 bridgehead atoms. The van der Waals surface area contributed by atoms with E-state index < -0.39 is 0 Å². The van der Waals surface area contributed by atoms with Gasteiger partial charge >= 0.3 is 5.97 Å². The smallest absolute Gasteiger partial charge is 0.309 e. The lowest BCUT2D eigenvalue weighted by molar-refractivity contribution is -0.147. The molecule has 0 aromatic carbocycles. The third-order valence-electron chi connectivity index (χ3n) is 2.82. The van der Waals surface area contributed by atoms with Crippen LogP contribution in [0, 0.1) is 11.8 Å². The second kappa shape index (κ2) is 7.49. The minimum atomic E-state index is -0.0849. The molecule has 88 valence electrons. The summed E-state index contributed by atoms with van der Waals surface area (Å²) in [6, 6.07) is 0. The number of esters is 1. The summed E-state index contributed by atoms with van der Waals surface area (Å²) in [6.45, 7) is 10.2. The third kappa shape index (κ3) is 4.50. The highest BCUT2D eigenvalue weighted by Crippen LogP contribution is 2.29. The molecule has 0 radical (unpaired) electrons. The molecule has 2 atom stereocenters. The van der Waals surface area contributed by atoms with Gasteiger partial charge in [0.2, 0.25) is 0 Å². The monoisotopic (exact) mass is 212 g/mol. The molecule has 0 aliphatic carbocycles. The van der Waals surface area contributed by atoms with Crippen LogP contribution >= 0.6 is 0 Å². The number of ether oxygens (including phenoxy) is 1. The van der Waals surface area contributed by atoms with Gasteiger partial charge in [-0.15, -0.1) is 0 Å². The fourth-order valence-corrected chi connectivity index (χ4v) is 2.05. The first-order valence-corrected chi connectivity index (χ1v) is 5.81. The first-order valence-electron chi connectivity index (χ1n) is 5.81. The number of rotatable bonds is 7. The Labute approximate surface area is 93.7 Å². The Kier molecular flexibility index (Phi) is 7.10. The zero-order valence-electron chi connectivity index (χ0n) is 10.5. The average molecular weight is 212 g/mol. The predicted molar refractivity (Wildman–Crippen MR) is 63.6 cm³/mol. The van der Waals surface area contributed by atoms with E-state index in [9.17, 15) is 4.79 Å². The Morgan fingerprint density at radius 1 is 1.20 bits per heavy atom. The summed E-state index contributed by atoms with van der Waals surface area (Å²) in [5, 5.41) is 0. The topological polar surface area (TPSA) is 26.3 Å². The molecule has 0 rings (SSSR count). The maximum atomic E-state index is 11.7. The van der Waals surface area contributed by atoms with Gasteiger partial charge in [-0.3, -0.25) is 4.79 Å². The highest BCUT2D eigenvalue weighted by atomic mass is 16.5. The van der Waals surface area contributed by atoms with E-state index in [4.69, 9.17) is 4.74 Å². The van der Waals surface area contributed by atoms with Gasteiger partial charge in [0.05, 0.1) is 13.0 Å². The van der Waals surface area contributed by atoms with E-state index in [2.05, 4.69) is 20.4 Å². The quantitative estimate of drug-likeness (QED) is 0.476. The van der Waals surface area contributed by atoms with E-state index in [0.29, 0.717) is 0 Å². The van der Waals surface area contributed by atoms with E-state index in [1.54, 1.807) is 0 Å². The van der Waals surface area contributed by atoms with Crippen LogP contribution in [0.25, 0.3) is 0 Å². The van der Waals surface area contributed by atoms with Gasteiger partial charge in [0, 0.05) is 0 Å². The number of hydrogen-bond acceptors (Lipinski definition) is 2. The maximum absolute atomic E-state index is 11.7. The fraction of sp³-hybridized carbons (Fsp3) is 0.769. The summed E-state index contributed by atoms with van der Waals surface area (Å²) in [6.07, 6.45) is 4.00. The lowest BCUT2D eigenvalue weighted by Crippen LogP contribution is -2.25. The average Bonchev–Trinajstić information content (AvgIpc) is 2.21. The van der Waals surface area contributed by atoms with E-state index in [-0.39, 0.29) is 17.8 Å². The number of carbonyl (C=O) groups excluding carboxylic acids is 1. The molecule has 0 N–H and O–H groups in total. The maximum Gasteiger partial charge on any atom is 0.309 e. The molecule has 0 aromatic rings. The number of carbonyl (C=O) groups is 1. The van der Waals surface area contributed by atoms with Crippen molar-refractivity contribution in [2.75, 3.05) is 7.11 Å². The van der Waals surface area contributed by atoms with Crippen LogP contribution in [0.15, 0.2) is 12.2 Å². The first-order chi connectivity index (χ1) is 7.08. The Balaban J connectivity index is 4.66. The zero-order valence-corrected chi connectivity index (χ0v) is 10.5. The molecule has 0 aromatic heterocycles. The van der Waals surface area contributed by atoms with Gasteiger partial charge in [0.1, 0.15) is 0 Å². The normalized spacial score (nSPS) is 14.4. The summed E-state index contributed by atoms with van der Waals surface area (Å²) in [5.41, 5.74) is 1.10. The highest BCUT2D eigenvalue weighted by Gasteiger charge is 2.28. The van der Waals surface area contributed by atoms with Crippen LogP contribution in [0.3, 0.4) is 0 Å². The molecule has 0 spiro atoms.